The number of hydrogen-bond acceptors (Lipinski definition) is 3. The van der Waals surface area contributed by atoms with Gasteiger partial charge in [0.05, 0.1) is 6.61 Å². The summed E-state index contributed by atoms with van der Waals surface area (Å²) in [5.41, 5.74) is 0.602. The molecule has 1 aliphatic carbocycles. The highest BCUT2D eigenvalue weighted by Crippen LogP contribution is 2.39. The van der Waals surface area contributed by atoms with Gasteiger partial charge in [0.2, 0.25) is 0 Å². The molecule has 116 valence electrons. The maximum absolute atomic E-state index is 11.8. The molecule has 0 aliphatic heterocycles. The standard InChI is InChI=1S/C17H25NO3/c1-16(2,3)21-15(19)18-17(9-10-17)11-12-20-13-14-7-5-4-6-8-14/h4-8H,9-13H2,1-3H3,(H,18,19). The van der Waals surface area contributed by atoms with Crippen molar-refractivity contribution < 1.29 is 14.3 Å². The first-order valence-electron chi connectivity index (χ1n) is 7.51. The van der Waals surface area contributed by atoms with Crippen LogP contribution in [-0.4, -0.2) is 23.8 Å². The lowest BCUT2D eigenvalue weighted by molar-refractivity contribution is 0.0471. The minimum Gasteiger partial charge on any atom is -0.444 e. The lowest BCUT2D eigenvalue weighted by Gasteiger charge is -2.23. The molecule has 21 heavy (non-hydrogen) atoms. The van der Waals surface area contributed by atoms with Crippen LogP contribution in [0, 0.1) is 0 Å². The number of alkyl carbamates (subject to hydrolysis) is 1. The fourth-order valence-electron chi connectivity index (χ4n) is 2.14. The second kappa shape index (κ2) is 6.48. The molecule has 1 aromatic rings. The quantitative estimate of drug-likeness (QED) is 0.814. The number of ether oxygens (including phenoxy) is 2. The van der Waals surface area contributed by atoms with Crippen LogP contribution in [0.4, 0.5) is 4.79 Å². The molecule has 0 aromatic heterocycles. The van der Waals surface area contributed by atoms with Crippen molar-refractivity contribution in [2.75, 3.05) is 6.61 Å². The lowest BCUT2D eigenvalue weighted by atomic mass is 10.2. The van der Waals surface area contributed by atoms with Crippen molar-refractivity contribution in [3.05, 3.63) is 35.9 Å². The van der Waals surface area contributed by atoms with E-state index in [1.165, 1.54) is 5.56 Å². The molecule has 0 heterocycles. The Morgan fingerprint density at radius 2 is 1.90 bits per heavy atom. The van der Waals surface area contributed by atoms with Crippen molar-refractivity contribution in [1.29, 1.82) is 0 Å². The zero-order valence-electron chi connectivity index (χ0n) is 13.1. The third kappa shape index (κ3) is 5.76. The fraction of sp³-hybridized carbons (Fsp3) is 0.588. The smallest absolute Gasteiger partial charge is 0.408 e. The van der Waals surface area contributed by atoms with E-state index in [0.717, 1.165) is 19.3 Å². The van der Waals surface area contributed by atoms with Gasteiger partial charge >= 0.3 is 6.09 Å². The van der Waals surface area contributed by atoms with Crippen LogP contribution in [0.1, 0.15) is 45.6 Å². The van der Waals surface area contributed by atoms with Crippen LogP contribution >= 0.6 is 0 Å². The Bertz CT molecular complexity index is 461. The van der Waals surface area contributed by atoms with E-state index < -0.39 is 5.60 Å². The number of amides is 1. The first kappa shape index (κ1) is 15.8. The van der Waals surface area contributed by atoms with Crippen LogP contribution in [0.25, 0.3) is 0 Å². The molecule has 0 radical (unpaired) electrons. The van der Waals surface area contributed by atoms with Gasteiger partial charge in [-0.05, 0) is 45.6 Å². The van der Waals surface area contributed by atoms with Crippen LogP contribution in [0.5, 0.6) is 0 Å². The molecule has 1 N–H and O–H groups in total. The summed E-state index contributed by atoms with van der Waals surface area (Å²) < 4.78 is 11.0. The normalized spacial score (nSPS) is 16.3. The van der Waals surface area contributed by atoms with Gasteiger partial charge in [0.1, 0.15) is 5.60 Å². The van der Waals surface area contributed by atoms with Gasteiger partial charge < -0.3 is 14.8 Å². The molecule has 0 spiro atoms. The summed E-state index contributed by atoms with van der Waals surface area (Å²) in [6.07, 6.45) is 2.50. The molecule has 1 saturated carbocycles. The number of hydrogen-bond donors (Lipinski definition) is 1. The average molecular weight is 291 g/mol. The first-order chi connectivity index (χ1) is 9.89. The second-order valence-electron chi connectivity index (χ2n) is 6.70. The van der Waals surface area contributed by atoms with Crippen LogP contribution in [-0.2, 0) is 16.1 Å². The van der Waals surface area contributed by atoms with Crippen molar-refractivity contribution in [3.63, 3.8) is 0 Å². The van der Waals surface area contributed by atoms with Crippen molar-refractivity contribution in [2.24, 2.45) is 0 Å². The highest BCUT2D eigenvalue weighted by molar-refractivity contribution is 5.69. The molecule has 1 fully saturated rings. The van der Waals surface area contributed by atoms with Crippen molar-refractivity contribution in [2.45, 2.75) is 57.8 Å². The highest BCUT2D eigenvalue weighted by atomic mass is 16.6. The molecular weight excluding hydrogens is 266 g/mol. The molecular formula is C17H25NO3. The maximum Gasteiger partial charge on any atom is 0.408 e. The number of rotatable bonds is 6. The SMILES string of the molecule is CC(C)(C)OC(=O)NC1(CCOCc2ccccc2)CC1. The summed E-state index contributed by atoms with van der Waals surface area (Å²) in [7, 11) is 0. The van der Waals surface area contributed by atoms with Gasteiger partial charge in [-0.2, -0.15) is 0 Å². The van der Waals surface area contributed by atoms with Crippen molar-refractivity contribution >= 4 is 6.09 Å². The minimum atomic E-state index is -0.454. The number of carbonyl (C=O) groups is 1. The van der Waals surface area contributed by atoms with E-state index in [4.69, 9.17) is 9.47 Å². The second-order valence-corrected chi connectivity index (χ2v) is 6.70. The lowest BCUT2D eigenvalue weighted by Crippen LogP contribution is -2.41. The molecule has 0 atom stereocenters. The zero-order chi connectivity index (χ0) is 15.3. The van der Waals surface area contributed by atoms with E-state index in [0.29, 0.717) is 13.2 Å². The molecule has 0 unspecified atom stereocenters. The highest BCUT2D eigenvalue weighted by Gasteiger charge is 2.44. The van der Waals surface area contributed by atoms with E-state index in [1.807, 2.05) is 51.1 Å². The Hall–Kier alpha value is -1.55. The largest absolute Gasteiger partial charge is 0.444 e. The molecule has 0 bridgehead atoms. The molecule has 4 nitrogen and oxygen atoms in total. The minimum absolute atomic E-state index is 0.112. The summed E-state index contributed by atoms with van der Waals surface area (Å²) in [4.78, 5) is 11.8. The van der Waals surface area contributed by atoms with Gasteiger partial charge in [-0.25, -0.2) is 4.79 Å². The summed E-state index contributed by atoms with van der Waals surface area (Å²) in [5, 5.41) is 2.98. The summed E-state index contributed by atoms with van der Waals surface area (Å²) >= 11 is 0. The number of carbonyl (C=O) groups excluding carboxylic acids is 1. The predicted molar refractivity (Wildman–Crippen MR) is 82.0 cm³/mol. The van der Waals surface area contributed by atoms with Crippen molar-refractivity contribution in [3.8, 4) is 0 Å². The Morgan fingerprint density at radius 3 is 2.48 bits per heavy atom. The van der Waals surface area contributed by atoms with E-state index >= 15 is 0 Å². The fourth-order valence-corrected chi connectivity index (χ4v) is 2.14. The summed E-state index contributed by atoms with van der Waals surface area (Å²) in [5.74, 6) is 0. The van der Waals surface area contributed by atoms with Crippen LogP contribution in [0.2, 0.25) is 0 Å². The Balaban J connectivity index is 1.67. The number of benzene rings is 1. The molecule has 1 amide bonds. The topological polar surface area (TPSA) is 47.6 Å². The maximum atomic E-state index is 11.8. The van der Waals surface area contributed by atoms with Gasteiger partial charge in [-0.1, -0.05) is 30.3 Å². The zero-order valence-corrected chi connectivity index (χ0v) is 13.1. The van der Waals surface area contributed by atoms with E-state index in [1.54, 1.807) is 0 Å². The van der Waals surface area contributed by atoms with Crippen LogP contribution < -0.4 is 5.32 Å². The molecule has 1 aromatic carbocycles. The van der Waals surface area contributed by atoms with Gasteiger partial charge in [-0.15, -0.1) is 0 Å². The van der Waals surface area contributed by atoms with E-state index in [2.05, 4.69) is 5.32 Å². The van der Waals surface area contributed by atoms with Gasteiger partial charge in [0.15, 0.2) is 0 Å². The van der Waals surface area contributed by atoms with Gasteiger partial charge in [0.25, 0.3) is 0 Å². The van der Waals surface area contributed by atoms with Crippen LogP contribution in [0.15, 0.2) is 30.3 Å². The van der Waals surface area contributed by atoms with Crippen molar-refractivity contribution in [1.82, 2.24) is 5.32 Å². The molecule has 2 rings (SSSR count). The van der Waals surface area contributed by atoms with Gasteiger partial charge in [0, 0.05) is 12.1 Å². The molecule has 1 aliphatic rings. The first-order valence-corrected chi connectivity index (χ1v) is 7.51. The number of nitrogens with one attached hydrogen (secondary N) is 1. The molecule has 4 heteroatoms. The molecule has 0 saturated heterocycles. The third-order valence-corrected chi connectivity index (χ3v) is 3.46. The summed E-state index contributed by atoms with van der Waals surface area (Å²) in [6, 6.07) is 10.1. The third-order valence-electron chi connectivity index (χ3n) is 3.46. The van der Waals surface area contributed by atoms with Crippen LogP contribution in [0.3, 0.4) is 0 Å². The van der Waals surface area contributed by atoms with E-state index in [-0.39, 0.29) is 11.6 Å². The average Bonchev–Trinajstić information content (AvgIpc) is 3.13. The monoisotopic (exact) mass is 291 g/mol. The Labute approximate surface area is 126 Å². The van der Waals surface area contributed by atoms with E-state index in [9.17, 15) is 4.79 Å². The Morgan fingerprint density at radius 1 is 1.24 bits per heavy atom. The Kier molecular flexibility index (Phi) is 4.88. The van der Waals surface area contributed by atoms with Gasteiger partial charge in [-0.3, -0.25) is 0 Å². The summed E-state index contributed by atoms with van der Waals surface area (Å²) in [6.45, 7) is 6.87. The predicted octanol–water partition coefficient (Wildman–Crippen LogP) is 3.65.